The van der Waals surface area contributed by atoms with E-state index in [0.29, 0.717) is 0 Å². The van der Waals surface area contributed by atoms with E-state index in [2.05, 4.69) is 13.8 Å². The van der Waals surface area contributed by atoms with E-state index in [0.717, 1.165) is 12.8 Å². The third-order valence-electron chi connectivity index (χ3n) is 7.28. The van der Waals surface area contributed by atoms with E-state index in [1.54, 1.807) is 0 Å². The highest BCUT2D eigenvalue weighted by atomic mass is 16.3. The molecular weight excluding hydrogens is 388 g/mol. The molecule has 0 radical (unpaired) electrons. The zero-order chi connectivity index (χ0) is 23.4. The zero-order valence-corrected chi connectivity index (χ0v) is 22.8. The van der Waals surface area contributed by atoms with Gasteiger partial charge in [-0.3, -0.25) is 0 Å². The van der Waals surface area contributed by atoms with Gasteiger partial charge in [0, 0.05) is 0 Å². The van der Waals surface area contributed by atoms with Crippen LogP contribution in [0, 0.1) is 0 Å². The maximum Gasteiger partial charge on any atom is 0.0540 e. The highest BCUT2D eigenvalue weighted by Gasteiger charge is 2.03. The Kier molecular flexibility index (Phi) is 29.0. The molecule has 0 bridgehead atoms. The predicted octanol–water partition coefficient (Wildman–Crippen LogP) is 11.3. The Labute approximate surface area is 204 Å². The molecule has 1 atom stereocenters. The number of rotatable bonds is 28. The summed E-state index contributed by atoms with van der Waals surface area (Å²) in [4.78, 5) is 0. The molecule has 0 heterocycles. The van der Waals surface area contributed by atoms with Crippen molar-refractivity contribution in [2.45, 2.75) is 200 Å². The number of hydrogen-bond donors (Lipinski definition) is 1. The summed E-state index contributed by atoms with van der Waals surface area (Å²) in [5.41, 5.74) is 0. The fourth-order valence-electron chi connectivity index (χ4n) is 4.94. The van der Waals surface area contributed by atoms with Gasteiger partial charge in [-0.25, -0.2) is 0 Å². The average molecular weight is 453 g/mol. The van der Waals surface area contributed by atoms with Crippen molar-refractivity contribution < 1.29 is 5.11 Å². The maximum absolute atomic E-state index is 9.95. The lowest BCUT2D eigenvalue weighted by Crippen LogP contribution is -2.05. The summed E-state index contributed by atoms with van der Waals surface area (Å²) < 4.78 is 0. The average Bonchev–Trinajstić information content (AvgIpc) is 2.79. The van der Waals surface area contributed by atoms with Gasteiger partial charge in [-0.05, 0) is 12.8 Å². The van der Waals surface area contributed by atoms with Crippen LogP contribution in [0.4, 0.5) is 0 Å². The number of aliphatic hydroxyl groups excluding tert-OH is 1. The van der Waals surface area contributed by atoms with Crippen LogP contribution < -0.4 is 0 Å². The standard InChI is InChI=1S/C31H64O/c1-3-5-7-8-9-10-11-12-13-14-15-16-17-18-19-20-21-22-23-24-25-26-28-30-31(32)29-27-6-4-2/h31-32H,3-30H2,1-2H3. The van der Waals surface area contributed by atoms with E-state index in [1.807, 2.05) is 0 Å². The summed E-state index contributed by atoms with van der Waals surface area (Å²) in [5.74, 6) is 0. The van der Waals surface area contributed by atoms with E-state index in [4.69, 9.17) is 0 Å². The second-order valence-electron chi connectivity index (χ2n) is 10.7. The van der Waals surface area contributed by atoms with Crippen LogP contribution in [-0.4, -0.2) is 11.2 Å². The van der Waals surface area contributed by atoms with Crippen molar-refractivity contribution in [3.63, 3.8) is 0 Å². The summed E-state index contributed by atoms with van der Waals surface area (Å²) >= 11 is 0. The molecule has 0 aromatic heterocycles. The van der Waals surface area contributed by atoms with Crippen LogP contribution in [0.1, 0.15) is 194 Å². The molecule has 0 rings (SSSR count). The summed E-state index contributed by atoms with van der Waals surface area (Å²) in [6.07, 6.45) is 38.9. The summed E-state index contributed by atoms with van der Waals surface area (Å²) in [5, 5.41) is 9.95. The second kappa shape index (κ2) is 29.0. The van der Waals surface area contributed by atoms with Crippen molar-refractivity contribution in [2.75, 3.05) is 0 Å². The Morgan fingerprint density at radius 3 is 0.781 bits per heavy atom. The minimum Gasteiger partial charge on any atom is -0.393 e. The first kappa shape index (κ1) is 32.0. The highest BCUT2D eigenvalue weighted by Crippen LogP contribution is 2.16. The van der Waals surface area contributed by atoms with Gasteiger partial charge in [0.05, 0.1) is 6.10 Å². The van der Waals surface area contributed by atoms with Gasteiger partial charge in [-0.2, -0.15) is 0 Å². The lowest BCUT2D eigenvalue weighted by molar-refractivity contribution is 0.147. The molecular formula is C31H64O. The van der Waals surface area contributed by atoms with E-state index in [1.165, 1.54) is 167 Å². The number of aliphatic hydroxyl groups is 1. The topological polar surface area (TPSA) is 20.2 Å². The van der Waals surface area contributed by atoms with Crippen molar-refractivity contribution in [3.05, 3.63) is 0 Å². The molecule has 0 aliphatic carbocycles. The van der Waals surface area contributed by atoms with Gasteiger partial charge < -0.3 is 5.11 Å². The predicted molar refractivity (Wildman–Crippen MR) is 147 cm³/mol. The van der Waals surface area contributed by atoms with Crippen molar-refractivity contribution in [1.82, 2.24) is 0 Å². The van der Waals surface area contributed by atoms with Crippen LogP contribution in [0.5, 0.6) is 0 Å². The lowest BCUT2D eigenvalue weighted by atomic mass is 10.0. The van der Waals surface area contributed by atoms with Crippen LogP contribution in [0.15, 0.2) is 0 Å². The van der Waals surface area contributed by atoms with Gasteiger partial charge >= 0.3 is 0 Å². The molecule has 0 aromatic carbocycles. The van der Waals surface area contributed by atoms with E-state index < -0.39 is 0 Å². The van der Waals surface area contributed by atoms with Crippen molar-refractivity contribution >= 4 is 0 Å². The molecule has 0 fully saturated rings. The molecule has 0 amide bonds. The Morgan fingerprint density at radius 1 is 0.312 bits per heavy atom. The monoisotopic (exact) mass is 452 g/mol. The Morgan fingerprint density at radius 2 is 0.500 bits per heavy atom. The minimum absolute atomic E-state index is 0.0311. The highest BCUT2D eigenvalue weighted by molar-refractivity contribution is 4.57. The molecule has 194 valence electrons. The molecule has 0 aliphatic rings. The van der Waals surface area contributed by atoms with E-state index in [-0.39, 0.29) is 6.10 Å². The molecule has 0 spiro atoms. The molecule has 1 heteroatoms. The molecule has 0 aromatic rings. The van der Waals surface area contributed by atoms with Crippen molar-refractivity contribution in [1.29, 1.82) is 0 Å². The van der Waals surface area contributed by atoms with Crippen LogP contribution in [-0.2, 0) is 0 Å². The minimum atomic E-state index is -0.0311. The molecule has 0 aliphatic heterocycles. The fourth-order valence-corrected chi connectivity index (χ4v) is 4.94. The number of hydrogen-bond acceptors (Lipinski definition) is 1. The van der Waals surface area contributed by atoms with Gasteiger partial charge in [0.2, 0.25) is 0 Å². The second-order valence-corrected chi connectivity index (χ2v) is 10.7. The Bertz CT molecular complexity index is 314. The van der Waals surface area contributed by atoms with Gasteiger partial charge in [-0.1, -0.05) is 181 Å². The van der Waals surface area contributed by atoms with Gasteiger partial charge in [0.1, 0.15) is 0 Å². The summed E-state index contributed by atoms with van der Waals surface area (Å²) in [6, 6.07) is 0. The fraction of sp³-hybridized carbons (Fsp3) is 1.00. The third kappa shape index (κ3) is 28.0. The molecule has 0 saturated carbocycles. The Hall–Kier alpha value is -0.0400. The first-order valence-corrected chi connectivity index (χ1v) is 15.5. The SMILES string of the molecule is CCCCCCCCCCCCCCCCCCCCCCCCCC(O)CCCCC. The molecule has 1 nitrogen and oxygen atoms in total. The number of unbranched alkanes of at least 4 members (excludes halogenated alkanes) is 24. The van der Waals surface area contributed by atoms with Gasteiger partial charge in [-0.15, -0.1) is 0 Å². The molecule has 1 N–H and O–H groups in total. The third-order valence-corrected chi connectivity index (χ3v) is 7.28. The lowest BCUT2D eigenvalue weighted by Gasteiger charge is -2.09. The van der Waals surface area contributed by atoms with E-state index >= 15 is 0 Å². The smallest absolute Gasteiger partial charge is 0.0540 e. The normalized spacial score (nSPS) is 12.5. The first-order valence-electron chi connectivity index (χ1n) is 15.5. The van der Waals surface area contributed by atoms with Crippen LogP contribution in [0.25, 0.3) is 0 Å². The van der Waals surface area contributed by atoms with Crippen molar-refractivity contribution in [2.24, 2.45) is 0 Å². The maximum atomic E-state index is 9.95. The largest absolute Gasteiger partial charge is 0.393 e. The van der Waals surface area contributed by atoms with Gasteiger partial charge in [0.15, 0.2) is 0 Å². The van der Waals surface area contributed by atoms with Crippen LogP contribution in [0.3, 0.4) is 0 Å². The zero-order valence-electron chi connectivity index (χ0n) is 22.8. The molecule has 0 saturated heterocycles. The summed E-state index contributed by atoms with van der Waals surface area (Å²) in [6.45, 7) is 4.53. The van der Waals surface area contributed by atoms with E-state index in [9.17, 15) is 5.11 Å². The first-order chi connectivity index (χ1) is 15.8. The van der Waals surface area contributed by atoms with Crippen molar-refractivity contribution in [3.8, 4) is 0 Å². The Balaban J connectivity index is 3.05. The summed E-state index contributed by atoms with van der Waals surface area (Å²) in [7, 11) is 0. The van der Waals surface area contributed by atoms with Gasteiger partial charge in [0.25, 0.3) is 0 Å². The van der Waals surface area contributed by atoms with Crippen LogP contribution in [0.2, 0.25) is 0 Å². The molecule has 1 unspecified atom stereocenters. The quantitative estimate of drug-likeness (QED) is 0.117. The molecule has 32 heavy (non-hydrogen) atoms. The van der Waals surface area contributed by atoms with Crippen LogP contribution >= 0.6 is 0 Å².